The molecule has 1 aliphatic heterocycles. The van der Waals surface area contributed by atoms with Gasteiger partial charge in [0.15, 0.2) is 28.9 Å². The third-order valence-electron chi connectivity index (χ3n) is 6.00. The van der Waals surface area contributed by atoms with Gasteiger partial charge in [0.05, 0.1) is 44.4 Å². The van der Waals surface area contributed by atoms with Crippen molar-refractivity contribution in [3.63, 3.8) is 0 Å². The van der Waals surface area contributed by atoms with E-state index in [0.29, 0.717) is 5.95 Å². The van der Waals surface area contributed by atoms with Crippen LogP contribution < -0.4 is 19.5 Å². The van der Waals surface area contributed by atoms with Gasteiger partial charge in [-0.1, -0.05) is 6.08 Å². The fourth-order valence-corrected chi connectivity index (χ4v) is 4.00. The molecule has 1 aromatic carbocycles. The lowest BCUT2D eigenvalue weighted by molar-refractivity contribution is -0.0182. The Morgan fingerprint density at radius 1 is 1.06 bits per heavy atom. The first kappa shape index (κ1) is 24.9. The predicted octanol–water partition coefficient (Wildman–Crippen LogP) is 4.09. The van der Waals surface area contributed by atoms with Gasteiger partial charge >= 0.3 is 0 Å². The number of allylic oxidation sites excluding steroid dienone is 1. The Balaban J connectivity index is 1.35. The second-order valence-corrected chi connectivity index (χ2v) is 8.48. The normalized spacial score (nSPS) is 18.8. The lowest BCUT2D eigenvalue weighted by atomic mass is 10.1. The summed E-state index contributed by atoms with van der Waals surface area (Å²) in [6.45, 7) is 1.72. The maximum atomic E-state index is 14.5. The summed E-state index contributed by atoms with van der Waals surface area (Å²) in [6, 6.07) is 1.15. The predicted molar refractivity (Wildman–Crippen MR) is 127 cm³/mol. The van der Waals surface area contributed by atoms with Crippen molar-refractivity contribution in [2.75, 3.05) is 39.7 Å². The number of rotatable bonds is 9. The van der Waals surface area contributed by atoms with Gasteiger partial charge in [0.25, 0.3) is 0 Å². The molecule has 1 aliphatic carbocycles. The van der Waals surface area contributed by atoms with Crippen LogP contribution in [0.5, 0.6) is 17.2 Å². The number of likely N-dealkylation sites (tertiary alicyclic amines) is 1. The first-order valence-electron chi connectivity index (χ1n) is 11.5. The molecule has 1 atom stereocenters. The Morgan fingerprint density at radius 3 is 2.34 bits per heavy atom. The van der Waals surface area contributed by atoms with Crippen molar-refractivity contribution < 1.29 is 27.7 Å². The second kappa shape index (κ2) is 11.5. The highest BCUT2D eigenvalue weighted by Gasteiger charge is 2.22. The van der Waals surface area contributed by atoms with E-state index >= 15 is 0 Å². The van der Waals surface area contributed by atoms with Crippen LogP contribution in [0.1, 0.15) is 24.8 Å². The van der Waals surface area contributed by atoms with Gasteiger partial charge in [0, 0.05) is 24.9 Å². The van der Waals surface area contributed by atoms with E-state index in [1.54, 1.807) is 0 Å². The van der Waals surface area contributed by atoms with Crippen LogP contribution in [0.3, 0.4) is 0 Å². The van der Waals surface area contributed by atoms with Crippen molar-refractivity contribution in [3.8, 4) is 17.2 Å². The molecule has 35 heavy (non-hydrogen) atoms. The number of nitrogens with zero attached hydrogens (tertiary/aromatic N) is 3. The summed E-state index contributed by atoms with van der Waals surface area (Å²) >= 11 is 0. The molecule has 8 nitrogen and oxygen atoms in total. The van der Waals surface area contributed by atoms with Gasteiger partial charge in [-0.15, -0.1) is 0 Å². The molecule has 1 fully saturated rings. The van der Waals surface area contributed by atoms with E-state index in [1.807, 2.05) is 12.2 Å². The molecule has 2 aliphatic rings. The van der Waals surface area contributed by atoms with E-state index in [-0.39, 0.29) is 41.6 Å². The second-order valence-electron chi connectivity index (χ2n) is 8.48. The number of aromatic nitrogens is 2. The van der Waals surface area contributed by atoms with E-state index in [4.69, 9.17) is 18.9 Å². The molecule has 0 amide bonds. The van der Waals surface area contributed by atoms with Crippen LogP contribution in [0.4, 0.5) is 14.7 Å². The minimum Gasteiger partial charge on any atom is -0.494 e. The van der Waals surface area contributed by atoms with Crippen LogP contribution in [0, 0.1) is 11.6 Å². The highest BCUT2D eigenvalue weighted by atomic mass is 19.1. The summed E-state index contributed by atoms with van der Waals surface area (Å²) in [5.41, 5.74) is 0.534. The summed E-state index contributed by atoms with van der Waals surface area (Å²) in [4.78, 5) is 10.8. The average molecular weight is 489 g/mol. The maximum Gasteiger partial charge on any atom is 0.227 e. The molecule has 2 heterocycles. The molecule has 1 aromatic heterocycles. The first-order chi connectivity index (χ1) is 17.0. The quantitative estimate of drug-likeness (QED) is 0.566. The number of halogens is 2. The van der Waals surface area contributed by atoms with Gasteiger partial charge in [-0.2, -0.15) is 0 Å². The molecule has 0 spiro atoms. The molecule has 1 N–H and O–H groups in total. The van der Waals surface area contributed by atoms with E-state index in [0.717, 1.165) is 44.1 Å². The maximum absolute atomic E-state index is 14.5. The molecular formula is C25H30F2N4O4. The number of benzene rings is 1. The Hall–Kier alpha value is -3.24. The number of nitrogens with one attached hydrogen (secondary N) is 1. The molecule has 0 saturated carbocycles. The van der Waals surface area contributed by atoms with Crippen molar-refractivity contribution >= 4 is 5.95 Å². The SMILES string of the molecule is COc1cc(OC)c(F)c(COc2cnc(NC3=CC(OC4CCN(C)CC4)CC=C3)nc2)c1F. The number of anilines is 1. The smallest absolute Gasteiger partial charge is 0.227 e. The van der Waals surface area contributed by atoms with Crippen LogP contribution in [-0.2, 0) is 11.3 Å². The molecule has 1 unspecified atom stereocenters. The number of hydrogen-bond donors (Lipinski definition) is 1. The van der Waals surface area contributed by atoms with Crippen molar-refractivity contribution in [3.05, 3.63) is 59.6 Å². The Morgan fingerprint density at radius 2 is 1.71 bits per heavy atom. The minimum atomic E-state index is -0.849. The van der Waals surface area contributed by atoms with E-state index in [1.165, 1.54) is 26.6 Å². The third kappa shape index (κ3) is 6.26. The fraction of sp³-hybridized carbons (Fsp3) is 0.440. The molecule has 2 aromatic rings. The summed E-state index contributed by atoms with van der Waals surface area (Å²) < 4.78 is 50.7. The average Bonchev–Trinajstić information content (AvgIpc) is 2.87. The monoisotopic (exact) mass is 488 g/mol. The Labute approximate surface area is 203 Å². The number of methoxy groups -OCH3 is 2. The van der Waals surface area contributed by atoms with Crippen molar-refractivity contribution in [1.82, 2.24) is 14.9 Å². The van der Waals surface area contributed by atoms with E-state index in [9.17, 15) is 8.78 Å². The third-order valence-corrected chi connectivity index (χ3v) is 6.00. The number of ether oxygens (including phenoxy) is 4. The van der Waals surface area contributed by atoms with Gasteiger partial charge in [0.2, 0.25) is 5.95 Å². The molecule has 10 heteroatoms. The van der Waals surface area contributed by atoms with E-state index in [2.05, 4.69) is 33.3 Å². The topological polar surface area (TPSA) is 78.0 Å². The molecule has 0 radical (unpaired) electrons. The molecule has 1 saturated heterocycles. The summed E-state index contributed by atoms with van der Waals surface area (Å²) in [6.07, 6.45) is 12.1. The van der Waals surface area contributed by atoms with Gasteiger partial charge in [-0.3, -0.25) is 0 Å². The van der Waals surface area contributed by atoms with Crippen molar-refractivity contribution in [2.45, 2.75) is 38.1 Å². The lowest BCUT2D eigenvalue weighted by Gasteiger charge is -2.31. The fourth-order valence-electron chi connectivity index (χ4n) is 4.00. The molecule has 188 valence electrons. The summed E-state index contributed by atoms with van der Waals surface area (Å²) in [5.74, 6) is -1.34. The minimum absolute atomic E-state index is 0.00293. The van der Waals surface area contributed by atoms with Gasteiger partial charge in [-0.05, 0) is 38.5 Å². The summed E-state index contributed by atoms with van der Waals surface area (Å²) in [7, 11) is 4.71. The van der Waals surface area contributed by atoms with Gasteiger partial charge in [0.1, 0.15) is 6.61 Å². The largest absolute Gasteiger partial charge is 0.494 e. The Kier molecular flexibility index (Phi) is 8.14. The van der Waals surface area contributed by atoms with E-state index < -0.39 is 11.6 Å². The first-order valence-corrected chi connectivity index (χ1v) is 11.5. The molecule has 4 rings (SSSR count). The van der Waals surface area contributed by atoms with Crippen molar-refractivity contribution in [2.24, 2.45) is 0 Å². The van der Waals surface area contributed by atoms with Crippen LogP contribution in [-0.4, -0.2) is 61.4 Å². The zero-order chi connectivity index (χ0) is 24.8. The van der Waals surface area contributed by atoms with Crippen LogP contribution >= 0.6 is 0 Å². The van der Waals surface area contributed by atoms with Crippen LogP contribution in [0.2, 0.25) is 0 Å². The van der Waals surface area contributed by atoms with Crippen LogP contribution in [0.25, 0.3) is 0 Å². The number of piperidine rings is 1. The van der Waals surface area contributed by atoms with Crippen LogP contribution in [0.15, 0.2) is 42.4 Å². The zero-order valence-corrected chi connectivity index (χ0v) is 20.1. The highest BCUT2D eigenvalue weighted by molar-refractivity contribution is 5.43. The van der Waals surface area contributed by atoms with Gasteiger partial charge in [-0.25, -0.2) is 18.7 Å². The molecule has 0 bridgehead atoms. The standard InChI is InChI=1S/C25H30F2N4O4/c1-31-9-7-17(8-10-31)35-18-6-4-5-16(11-18)30-25-28-13-19(14-29-25)34-15-20-23(26)21(32-2)12-22(33-3)24(20)27/h4-5,11-14,17-18H,6-10,15H2,1-3H3,(H,28,29,30). The van der Waals surface area contributed by atoms with Gasteiger partial charge < -0.3 is 29.2 Å². The zero-order valence-electron chi connectivity index (χ0n) is 20.1. The summed E-state index contributed by atoms with van der Waals surface area (Å²) in [5, 5.41) is 3.16. The molecular weight excluding hydrogens is 458 g/mol. The van der Waals surface area contributed by atoms with Crippen molar-refractivity contribution in [1.29, 1.82) is 0 Å². The Bertz CT molecular complexity index is 1040. The number of hydrogen-bond acceptors (Lipinski definition) is 8. The lowest BCUT2D eigenvalue weighted by Crippen LogP contribution is -2.36. The highest BCUT2D eigenvalue weighted by Crippen LogP contribution is 2.32.